The summed E-state index contributed by atoms with van der Waals surface area (Å²) in [6, 6.07) is 17.1. The maximum Gasteiger partial charge on any atom is 0.313 e. The summed E-state index contributed by atoms with van der Waals surface area (Å²) < 4.78 is 10.1. The summed E-state index contributed by atoms with van der Waals surface area (Å²) in [6.45, 7) is 0.345. The molecule has 0 fully saturated rings. The predicted octanol–water partition coefficient (Wildman–Crippen LogP) is 3.35. The lowest BCUT2D eigenvalue weighted by atomic mass is 10.1. The molecule has 2 aromatic carbocycles. The number of carbonyl (C=O) groups excluding carboxylic acids is 4. The zero-order valence-electron chi connectivity index (χ0n) is 15.9. The zero-order chi connectivity index (χ0) is 20.9. The number of rotatable bonds is 12. The Morgan fingerprint density at radius 1 is 0.621 bits per heavy atom. The molecule has 0 aliphatic carbocycles. The topological polar surface area (TPSA) is 86.7 Å². The normalized spacial score (nSPS) is 10.2. The summed E-state index contributed by atoms with van der Waals surface area (Å²) >= 11 is 1.44. The first kappa shape index (κ1) is 22.4. The third-order valence-electron chi connectivity index (χ3n) is 3.78. The lowest BCUT2D eigenvalue weighted by molar-refractivity contribution is -0.142. The van der Waals surface area contributed by atoms with E-state index in [1.54, 1.807) is 60.7 Å². The average molecular weight is 414 g/mol. The van der Waals surface area contributed by atoms with E-state index in [9.17, 15) is 19.2 Å². The van der Waals surface area contributed by atoms with Crippen molar-refractivity contribution in [3.8, 4) is 0 Å². The largest absolute Gasteiger partial charge is 0.464 e. The van der Waals surface area contributed by atoms with Crippen molar-refractivity contribution in [2.45, 2.75) is 12.8 Å². The van der Waals surface area contributed by atoms with E-state index in [2.05, 4.69) is 0 Å². The second kappa shape index (κ2) is 12.5. The van der Waals surface area contributed by atoms with Crippen molar-refractivity contribution in [2.75, 3.05) is 24.7 Å². The molecule has 29 heavy (non-hydrogen) atoms. The third kappa shape index (κ3) is 8.74. The van der Waals surface area contributed by atoms with Gasteiger partial charge in [0.25, 0.3) is 0 Å². The second-order valence-electron chi connectivity index (χ2n) is 5.99. The molecule has 6 nitrogen and oxygen atoms in total. The van der Waals surface area contributed by atoms with Gasteiger partial charge < -0.3 is 9.47 Å². The fourth-order valence-electron chi connectivity index (χ4n) is 2.35. The number of ether oxygens (including phenoxy) is 2. The standard InChI is InChI=1S/C22H22O6S/c23-19(17-7-3-1-4-8-17)15-21(25)27-11-13-29-14-12-28-22(26)16-20(24)18-9-5-2-6-10-18/h1-10H,11-16H2. The minimum atomic E-state index is -0.565. The monoisotopic (exact) mass is 414 g/mol. The Morgan fingerprint density at radius 3 is 1.38 bits per heavy atom. The maximum atomic E-state index is 11.9. The predicted molar refractivity (Wildman–Crippen MR) is 110 cm³/mol. The fourth-order valence-corrected chi connectivity index (χ4v) is 2.95. The van der Waals surface area contributed by atoms with E-state index in [4.69, 9.17) is 9.47 Å². The van der Waals surface area contributed by atoms with Crippen LogP contribution in [-0.2, 0) is 19.1 Å². The van der Waals surface area contributed by atoms with E-state index >= 15 is 0 Å². The summed E-state index contributed by atoms with van der Waals surface area (Å²) in [6.07, 6.45) is -0.580. The Hall–Kier alpha value is -2.93. The Labute approximate surface area is 173 Å². The van der Waals surface area contributed by atoms with E-state index in [0.29, 0.717) is 22.6 Å². The van der Waals surface area contributed by atoms with E-state index in [-0.39, 0.29) is 37.6 Å². The van der Waals surface area contributed by atoms with Crippen molar-refractivity contribution in [2.24, 2.45) is 0 Å². The van der Waals surface area contributed by atoms with Crippen molar-refractivity contribution in [3.63, 3.8) is 0 Å². The molecule has 7 heteroatoms. The molecule has 0 amide bonds. The molecule has 0 aliphatic rings. The van der Waals surface area contributed by atoms with Gasteiger partial charge in [-0.25, -0.2) is 0 Å². The molecule has 2 aromatic rings. The van der Waals surface area contributed by atoms with Crippen LogP contribution in [0, 0.1) is 0 Å². The van der Waals surface area contributed by atoms with E-state index < -0.39 is 11.9 Å². The average Bonchev–Trinajstić information content (AvgIpc) is 2.74. The molecular weight excluding hydrogens is 392 g/mol. The van der Waals surface area contributed by atoms with Gasteiger partial charge in [0.05, 0.1) is 0 Å². The SMILES string of the molecule is O=C(CC(=O)c1ccccc1)OCCSCCOC(=O)CC(=O)c1ccccc1. The van der Waals surface area contributed by atoms with Gasteiger partial charge in [0, 0.05) is 22.6 Å². The van der Waals surface area contributed by atoms with Crippen LogP contribution >= 0.6 is 11.8 Å². The van der Waals surface area contributed by atoms with Crippen LogP contribution in [0.3, 0.4) is 0 Å². The quantitative estimate of drug-likeness (QED) is 0.228. The molecule has 0 bridgehead atoms. The molecule has 0 aromatic heterocycles. The first-order valence-corrected chi connectivity index (χ1v) is 10.3. The zero-order valence-corrected chi connectivity index (χ0v) is 16.7. The first-order valence-electron chi connectivity index (χ1n) is 9.12. The smallest absolute Gasteiger partial charge is 0.313 e. The minimum absolute atomic E-state index is 0.173. The number of ketones is 2. The van der Waals surface area contributed by atoms with Gasteiger partial charge in [-0.2, -0.15) is 11.8 Å². The highest BCUT2D eigenvalue weighted by Gasteiger charge is 2.13. The number of hydrogen-bond acceptors (Lipinski definition) is 7. The van der Waals surface area contributed by atoms with Crippen LogP contribution in [0.4, 0.5) is 0 Å². The van der Waals surface area contributed by atoms with Crippen LogP contribution in [0.15, 0.2) is 60.7 Å². The van der Waals surface area contributed by atoms with Gasteiger partial charge in [-0.15, -0.1) is 0 Å². The second-order valence-corrected chi connectivity index (χ2v) is 7.21. The molecule has 152 valence electrons. The molecule has 0 saturated heterocycles. The van der Waals surface area contributed by atoms with Crippen LogP contribution in [0.5, 0.6) is 0 Å². The maximum absolute atomic E-state index is 11.9. The van der Waals surface area contributed by atoms with E-state index in [1.807, 2.05) is 0 Å². The molecule has 2 rings (SSSR count). The highest BCUT2D eigenvalue weighted by atomic mass is 32.2. The lowest BCUT2D eigenvalue weighted by Crippen LogP contribution is -2.14. The number of esters is 2. The Balaban J connectivity index is 1.50. The van der Waals surface area contributed by atoms with Crippen molar-refractivity contribution in [3.05, 3.63) is 71.8 Å². The summed E-state index contributed by atoms with van der Waals surface area (Å²) in [5, 5.41) is 0. The Bertz CT molecular complexity index is 750. The van der Waals surface area contributed by atoms with Gasteiger partial charge >= 0.3 is 11.9 Å². The van der Waals surface area contributed by atoms with Crippen molar-refractivity contribution in [1.82, 2.24) is 0 Å². The third-order valence-corrected chi connectivity index (χ3v) is 4.69. The Kier molecular flexibility index (Phi) is 9.65. The van der Waals surface area contributed by atoms with Gasteiger partial charge in [0.15, 0.2) is 11.6 Å². The molecule has 0 heterocycles. The molecule has 0 aliphatic heterocycles. The number of thioether (sulfide) groups is 1. The van der Waals surface area contributed by atoms with Crippen LogP contribution in [-0.4, -0.2) is 48.2 Å². The van der Waals surface area contributed by atoms with Gasteiger partial charge in [-0.05, 0) is 0 Å². The molecular formula is C22H22O6S. The van der Waals surface area contributed by atoms with Crippen LogP contribution in [0.2, 0.25) is 0 Å². The summed E-state index contributed by atoms with van der Waals surface area (Å²) in [4.78, 5) is 47.1. The van der Waals surface area contributed by atoms with Crippen molar-refractivity contribution < 1.29 is 28.7 Å². The number of carbonyl (C=O) groups is 4. The van der Waals surface area contributed by atoms with Crippen molar-refractivity contribution in [1.29, 1.82) is 0 Å². The van der Waals surface area contributed by atoms with E-state index in [0.717, 1.165) is 0 Å². The minimum Gasteiger partial charge on any atom is -0.464 e. The van der Waals surface area contributed by atoms with E-state index in [1.165, 1.54) is 11.8 Å². The lowest BCUT2D eigenvalue weighted by Gasteiger charge is -2.06. The highest BCUT2D eigenvalue weighted by molar-refractivity contribution is 7.99. The fraction of sp³-hybridized carbons (Fsp3) is 0.273. The molecule has 0 unspecified atom stereocenters. The summed E-state index contributed by atoms with van der Waals surface area (Å²) in [7, 11) is 0. The summed E-state index contributed by atoms with van der Waals surface area (Å²) in [5.74, 6) is -0.645. The Morgan fingerprint density at radius 2 is 1.00 bits per heavy atom. The number of Topliss-reactive ketones (excluding diaryl/α,β-unsaturated/α-hetero) is 2. The van der Waals surface area contributed by atoms with Crippen molar-refractivity contribution >= 4 is 35.3 Å². The molecule has 0 atom stereocenters. The molecule has 0 spiro atoms. The van der Waals surface area contributed by atoms with Crippen LogP contribution in [0.25, 0.3) is 0 Å². The van der Waals surface area contributed by atoms with Gasteiger partial charge in [-0.1, -0.05) is 60.7 Å². The van der Waals surface area contributed by atoms with Gasteiger partial charge in [0.2, 0.25) is 0 Å². The highest BCUT2D eigenvalue weighted by Crippen LogP contribution is 2.06. The first-order chi connectivity index (χ1) is 14.1. The number of hydrogen-bond donors (Lipinski definition) is 0. The van der Waals surface area contributed by atoms with Gasteiger partial charge in [-0.3, -0.25) is 19.2 Å². The van der Waals surface area contributed by atoms with Crippen LogP contribution in [0.1, 0.15) is 33.6 Å². The van der Waals surface area contributed by atoms with Gasteiger partial charge in [0.1, 0.15) is 26.1 Å². The molecule has 0 saturated carbocycles. The summed E-state index contributed by atoms with van der Waals surface area (Å²) in [5.41, 5.74) is 0.956. The molecule has 0 radical (unpaired) electrons. The van der Waals surface area contributed by atoms with Crippen LogP contribution < -0.4 is 0 Å². The molecule has 0 N–H and O–H groups in total. The number of benzene rings is 2.